The first-order valence-corrected chi connectivity index (χ1v) is 4.66. The van der Waals surface area contributed by atoms with Crippen LogP contribution in [-0.4, -0.2) is 19.0 Å². The highest BCUT2D eigenvalue weighted by Crippen LogP contribution is 2.36. The van der Waals surface area contributed by atoms with Gasteiger partial charge in [-0.1, -0.05) is 34.6 Å². The van der Waals surface area contributed by atoms with Gasteiger partial charge in [0.15, 0.2) is 0 Å². The number of nitrogens with two attached hydrogens (primary N) is 1. The molecular weight excluding hydrogens is 164 g/mol. The smallest absolute Gasteiger partial charge is 0.231 e. The summed E-state index contributed by atoms with van der Waals surface area (Å²) < 4.78 is 0. The number of hydrogen-bond acceptors (Lipinski definition) is 2. The zero-order valence-electron chi connectivity index (χ0n) is 9.40. The third kappa shape index (κ3) is 4.27. The average molecular weight is 186 g/mol. The lowest BCUT2D eigenvalue weighted by atomic mass is 9.69. The van der Waals surface area contributed by atoms with Gasteiger partial charge in [0.05, 0.1) is 6.54 Å². The maximum absolute atomic E-state index is 10.5. The van der Waals surface area contributed by atoms with Crippen molar-refractivity contribution < 1.29 is 4.79 Å². The molecular formula is C10H22N2O. The van der Waals surface area contributed by atoms with Crippen molar-refractivity contribution in [1.82, 2.24) is 5.32 Å². The van der Waals surface area contributed by atoms with Gasteiger partial charge in [-0.15, -0.1) is 0 Å². The second kappa shape index (κ2) is 4.09. The van der Waals surface area contributed by atoms with E-state index in [2.05, 4.69) is 39.9 Å². The molecule has 0 aromatic rings. The first-order chi connectivity index (χ1) is 5.67. The molecule has 13 heavy (non-hydrogen) atoms. The molecule has 0 rings (SSSR count). The number of carbonyl (C=O) groups is 1. The molecule has 0 aliphatic carbocycles. The Hall–Kier alpha value is -0.570. The van der Waals surface area contributed by atoms with Crippen LogP contribution in [-0.2, 0) is 4.79 Å². The van der Waals surface area contributed by atoms with Gasteiger partial charge in [0.1, 0.15) is 0 Å². The Balaban J connectivity index is 3.97. The molecule has 0 heterocycles. The lowest BCUT2D eigenvalue weighted by Gasteiger charge is -2.39. The summed E-state index contributed by atoms with van der Waals surface area (Å²) in [5.41, 5.74) is 5.40. The van der Waals surface area contributed by atoms with E-state index >= 15 is 0 Å². The Kier molecular flexibility index (Phi) is 3.91. The van der Waals surface area contributed by atoms with Crippen LogP contribution in [0.2, 0.25) is 0 Å². The first kappa shape index (κ1) is 12.4. The molecule has 0 saturated heterocycles. The number of nitrogens with one attached hydrogen (secondary N) is 1. The summed E-state index contributed by atoms with van der Waals surface area (Å²) in [7, 11) is 0. The number of hydrogen-bond donors (Lipinski definition) is 2. The van der Waals surface area contributed by atoms with Gasteiger partial charge in [0.2, 0.25) is 5.91 Å². The van der Waals surface area contributed by atoms with Gasteiger partial charge in [-0.3, -0.25) is 4.79 Å². The highest BCUT2D eigenvalue weighted by atomic mass is 16.1. The number of amides is 1. The third-order valence-electron chi connectivity index (χ3n) is 2.90. The van der Waals surface area contributed by atoms with E-state index in [1.807, 2.05) is 0 Å². The normalized spacial score (nSPS) is 13.0. The van der Waals surface area contributed by atoms with Crippen LogP contribution in [0.25, 0.3) is 0 Å². The van der Waals surface area contributed by atoms with Crippen LogP contribution in [0.5, 0.6) is 0 Å². The van der Waals surface area contributed by atoms with Crippen molar-refractivity contribution in [2.75, 3.05) is 13.1 Å². The minimum Gasteiger partial charge on any atom is -0.369 e. The fourth-order valence-corrected chi connectivity index (χ4v) is 0.763. The molecule has 0 aliphatic rings. The molecule has 0 atom stereocenters. The summed E-state index contributed by atoms with van der Waals surface area (Å²) >= 11 is 0. The van der Waals surface area contributed by atoms with Crippen molar-refractivity contribution in [3.8, 4) is 0 Å². The first-order valence-electron chi connectivity index (χ1n) is 4.66. The lowest BCUT2D eigenvalue weighted by Crippen LogP contribution is -2.42. The quantitative estimate of drug-likeness (QED) is 0.691. The average Bonchev–Trinajstić information content (AvgIpc) is 1.82. The molecule has 0 fully saturated rings. The highest BCUT2D eigenvalue weighted by Gasteiger charge is 2.32. The summed E-state index contributed by atoms with van der Waals surface area (Å²) in [4.78, 5) is 10.5. The predicted octanol–water partition coefficient (Wildman–Crippen LogP) is 1.13. The minimum absolute atomic E-state index is 0.155. The molecule has 0 radical (unpaired) electrons. The van der Waals surface area contributed by atoms with E-state index in [-0.39, 0.29) is 23.3 Å². The maximum atomic E-state index is 10.5. The fraction of sp³-hybridized carbons (Fsp3) is 0.900. The second-order valence-electron chi connectivity index (χ2n) is 5.20. The lowest BCUT2D eigenvalue weighted by molar-refractivity contribution is -0.117. The molecule has 3 heteroatoms. The van der Waals surface area contributed by atoms with Crippen LogP contribution in [0.3, 0.4) is 0 Å². The van der Waals surface area contributed by atoms with Gasteiger partial charge in [-0.2, -0.15) is 0 Å². The van der Waals surface area contributed by atoms with Crippen LogP contribution >= 0.6 is 0 Å². The van der Waals surface area contributed by atoms with Crippen LogP contribution < -0.4 is 11.1 Å². The van der Waals surface area contributed by atoms with E-state index < -0.39 is 0 Å². The second-order valence-corrected chi connectivity index (χ2v) is 5.20. The maximum Gasteiger partial charge on any atom is 0.231 e. The Labute approximate surface area is 81.1 Å². The largest absolute Gasteiger partial charge is 0.369 e. The summed E-state index contributed by atoms with van der Waals surface area (Å²) in [6.45, 7) is 12.0. The Morgan fingerprint density at radius 2 is 1.69 bits per heavy atom. The van der Waals surface area contributed by atoms with E-state index in [0.29, 0.717) is 0 Å². The van der Waals surface area contributed by atoms with Crippen molar-refractivity contribution in [2.24, 2.45) is 16.6 Å². The Morgan fingerprint density at radius 1 is 1.23 bits per heavy atom. The highest BCUT2D eigenvalue weighted by molar-refractivity contribution is 5.75. The van der Waals surface area contributed by atoms with Gasteiger partial charge < -0.3 is 11.1 Å². The monoisotopic (exact) mass is 186 g/mol. The topological polar surface area (TPSA) is 55.1 Å². The number of rotatable bonds is 4. The molecule has 0 aliphatic heterocycles. The summed E-state index contributed by atoms with van der Waals surface area (Å²) in [6, 6.07) is 0. The van der Waals surface area contributed by atoms with Crippen LogP contribution in [0.15, 0.2) is 0 Å². The van der Waals surface area contributed by atoms with Gasteiger partial charge in [0.25, 0.3) is 0 Å². The summed E-state index contributed by atoms with van der Waals surface area (Å²) in [5, 5.41) is 3.06. The zero-order chi connectivity index (χ0) is 10.7. The van der Waals surface area contributed by atoms with Crippen molar-refractivity contribution in [3.63, 3.8) is 0 Å². The predicted molar refractivity (Wildman–Crippen MR) is 55.3 cm³/mol. The van der Waals surface area contributed by atoms with Gasteiger partial charge in [0, 0.05) is 6.54 Å². The molecule has 3 nitrogen and oxygen atoms in total. The van der Waals surface area contributed by atoms with E-state index in [9.17, 15) is 4.79 Å². The van der Waals surface area contributed by atoms with Crippen molar-refractivity contribution >= 4 is 5.91 Å². The SMILES string of the molecule is CC(C)(C)C(C)(C)CNCC(N)=O. The molecule has 0 unspecified atom stereocenters. The Morgan fingerprint density at radius 3 is 2.00 bits per heavy atom. The molecule has 3 N–H and O–H groups in total. The van der Waals surface area contributed by atoms with Crippen molar-refractivity contribution in [1.29, 1.82) is 0 Å². The van der Waals surface area contributed by atoms with Crippen LogP contribution in [0.1, 0.15) is 34.6 Å². The van der Waals surface area contributed by atoms with E-state index in [1.54, 1.807) is 0 Å². The van der Waals surface area contributed by atoms with Crippen molar-refractivity contribution in [3.05, 3.63) is 0 Å². The Bertz CT molecular complexity index is 180. The van der Waals surface area contributed by atoms with Crippen molar-refractivity contribution in [2.45, 2.75) is 34.6 Å². The molecule has 0 aromatic carbocycles. The van der Waals surface area contributed by atoms with Gasteiger partial charge in [-0.05, 0) is 10.8 Å². The fourth-order valence-electron chi connectivity index (χ4n) is 0.763. The molecule has 78 valence electrons. The summed E-state index contributed by atoms with van der Waals surface area (Å²) in [6.07, 6.45) is 0. The standard InChI is InChI=1S/C10H22N2O/c1-9(2,3)10(4,5)7-12-6-8(11)13/h12H,6-7H2,1-5H3,(H2,11,13). The third-order valence-corrected chi connectivity index (χ3v) is 2.90. The number of primary amides is 1. The molecule has 0 spiro atoms. The van der Waals surface area contributed by atoms with Gasteiger partial charge >= 0.3 is 0 Å². The van der Waals surface area contributed by atoms with Crippen LogP contribution in [0, 0.1) is 10.8 Å². The van der Waals surface area contributed by atoms with E-state index in [4.69, 9.17) is 5.73 Å². The molecule has 0 bridgehead atoms. The molecule has 0 saturated carbocycles. The van der Waals surface area contributed by atoms with Gasteiger partial charge in [-0.25, -0.2) is 0 Å². The minimum atomic E-state index is -0.301. The van der Waals surface area contributed by atoms with E-state index in [1.165, 1.54) is 0 Å². The zero-order valence-corrected chi connectivity index (χ0v) is 9.40. The van der Waals surface area contributed by atoms with Crippen LogP contribution in [0.4, 0.5) is 0 Å². The number of carbonyl (C=O) groups excluding carboxylic acids is 1. The van der Waals surface area contributed by atoms with E-state index in [0.717, 1.165) is 6.54 Å². The molecule has 1 amide bonds. The summed E-state index contributed by atoms with van der Waals surface area (Å²) in [5.74, 6) is -0.301. The molecule has 0 aromatic heterocycles.